The molecule has 0 aromatic carbocycles. The predicted octanol–water partition coefficient (Wildman–Crippen LogP) is -0.347. The Balaban J connectivity index is 2.24. The summed E-state index contributed by atoms with van der Waals surface area (Å²) in [4.78, 5) is 18.1. The Morgan fingerprint density at radius 2 is 2.19 bits per heavy atom. The number of rotatable bonds is 1. The van der Waals surface area contributed by atoms with Crippen LogP contribution in [-0.2, 0) is 9.84 Å². The first kappa shape index (κ1) is 15.5. The van der Waals surface area contributed by atoms with Crippen molar-refractivity contribution in [2.45, 2.75) is 6.42 Å². The minimum Gasteiger partial charge on any atom is -0.338 e. The Labute approximate surface area is 124 Å². The van der Waals surface area contributed by atoms with Crippen LogP contribution < -0.4 is 5.73 Å². The molecule has 0 bridgehead atoms. The van der Waals surface area contributed by atoms with Crippen molar-refractivity contribution in [2.24, 2.45) is 5.73 Å². The third-order valence-corrected chi connectivity index (χ3v) is 4.93. The number of nitrogens with zero attached hydrogens (tertiary/aromatic N) is 2. The van der Waals surface area contributed by atoms with Crippen molar-refractivity contribution >= 4 is 15.7 Å². The second kappa shape index (κ2) is 6.70. The zero-order chi connectivity index (χ0) is 15.3. The average molecular weight is 307 g/mol. The third kappa shape index (κ3) is 4.03. The summed E-state index contributed by atoms with van der Waals surface area (Å²) in [7, 11) is -3.04. The highest BCUT2D eigenvalue weighted by Crippen LogP contribution is 2.13. The molecule has 0 atom stereocenters. The Morgan fingerprint density at radius 3 is 2.95 bits per heavy atom. The Bertz CT molecular complexity index is 689. The summed E-state index contributed by atoms with van der Waals surface area (Å²) in [5, 5.41) is 0. The molecule has 0 saturated carbocycles. The second-order valence-corrected chi connectivity index (χ2v) is 7.03. The summed E-state index contributed by atoms with van der Waals surface area (Å²) in [5.74, 6) is 5.45. The van der Waals surface area contributed by atoms with Crippen molar-refractivity contribution in [3.63, 3.8) is 0 Å². The van der Waals surface area contributed by atoms with E-state index in [-0.39, 0.29) is 30.5 Å². The lowest BCUT2D eigenvalue weighted by atomic mass is 10.1. The molecular formula is C14H17N3O3S. The van der Waals surface area contributed by atoms with Gasteiger partial charge in [-0.15, -0.1) is 0 Å². The first-order chi connectivity index (χ1) is 10.0. The molecule has 1 aliphatic heterocycles. The van der Waals surface area contributed by atoms with Gasteiger partial charge in [-0.1, -0.05) is 11.8 Å². The Kier molecular flexibility index (Phi) is 4.94. The molecule has 6 nitrogen and oxygen atoms in total. The fourth-order valence-corrected chi connectivity index (χ4v) is 3.41. The maximum atomic E-state index is 12.6. The summed E-state index contributed by atoms with van der Waals surface area (Å²) in [6, 6.07) is 1.60. The maximum absolute atomic E-state index is 12.6. The van der Waals surface area contributed by atoms with Gasteiger partial charge in [0.2, 0.25) is 0 Å². The van der Waals surface area contributed by atoms with E-state index >= 15 is 0 Å². The van der Waals surface area contributed by atoms with Crippen molar-refractivity contribution in [1.29, 1.82) is 0 Å². The summed E-state index contributed by atoms with van der Waals surface area (Å²) in [5.41, 5.74) is 6.29. The number of hydrogen-bond acceptors (Lipinski definition) is 5. The zero-order valence-electron chi connectivity index (χ0n) is 11.6. The number of nitrogens with two attached hydrogens (primary N) is 1. The molecule has 0 spiro atoms. The van der Waals surface area contributed by atoms with Crippen LogP contribution in [0.2, 0.25) is 0 Å². The second-order valence-electron chi connectivity index (χ2n) is 4.72. The number of sulfone groups is 1. The van der Waals surface area contributed by atoms with E-state index in [0.29, 0.717) is 24.1 Å². The number of hydrogen-bond donors (Lipinski definition) is 1. The molecule has 1 aromatic rings. The lowest BCUT2D eigenvalue weighted by Gasteiger charge is -2.20. The van der Waals surface area contributed by atoms with Crippen LogP contribution in [0.4, 0.5) is 0 Å². The minimum absolute atomic E-state index is 0.00757. The molecule has 0 radical (unpaired) electrons. The molecule has 21 heavy (non-hydrogen) atoms. The molecule has 1 aliphatic rings. The largest absolute Gasteiger partial charge is 0.338 e. The van der Waals surface area contributed by atoms with Gasteiger partial charge in [-0.05, 0) is 12.5 Å². The van der Waals surface area contributed by atoms with Gasteiger partial charge in [0.25, 0.3) is 5.91 Å². The van der Waals surface area contributed by atoms with E-state index in [1.54, 1.807) is 11.0 Å². The highest BCUT2D eigenvalue weighted by Gasteiger charge is 2.24. The van der Waals surface area contributed by atoms with E-state index in [1.165, 1.54) is 12.4 Å². The van der Waals surface area contributed by atoms with Gasteiger partial charge in [-0.25, -0.2) is 8.42 Å². The molecular weight excluding hydrogens is 290 g/mol. The molecule has 1 amide bonds. The third-order valence-electron chi connectivity index (χ3n) is 3.22. The van der Waals surface area contributed by atoms with Gasteiger partial charge in [-0.2, -0.15) is 0 Å². The molecule has 1 saturated heterocycles. The Hall–Kier alpha value is -1.91. The van der Waals surface area contributed by atoms with Gasteiger partial charge in [0, 0.05) is 25.5 Å². The fourth-order valence-electron chi connectivity index (χ4n) is 2.14. The van der Waals surface area contributed by atoms with Gasteiger partial charge in [0.15, 0.2) is 9.84 Å². The molecule has 2 heterocycles. The standard InChI is InChI=1S/C14H17N3O3S/c15-5-1-3-12-11-16-6-4-13(12)14(18)17-7-2-9-21(19,20)10-8-17/h4,6,11H,2,5,7-10,15H2. The lowest BCUT2D eigenvalue weighted by molar-refractivity contribution is 0.0768. The topological polar surface area (TPSA) is 93.4 Å². The quantitative estimate of drug-likeness (QED) is 0.716. The summed E-state index contributed by atoms with van der Waals surface area (Å²) < 4.78 is 23.2. The van der Waals surface area contributed by atoms with Crippen molar-refractivity contribution in [1.82, 2.24) is 9.88 Å². The van der Waals surface area contributed by atoms with Crippen molar-refractivity contribution in [2.75, 3.05) is 31.1 Å². The molecule has 1 aromatic heterocycles. The van der Waals surface area contributed by atoms with Crippen molar-refractivity contribution in [3.8, 4) is 11.8 Å². The molecule has 112 valence electrons. The van der Waals surface area contributed by atoms with E-state index in [4.69, 9.17) is 5.73 Å². The Morgan fingerprint density at radius 1 is 1.38 bits per heavy atom. The van der Waals surface area contributed by atoms with Crippen LogP contribution in [0.1, 0.15) is 22.3 Å². The van der Waals surface area contributed by atoms with Gasteiger partial charge in [0.1, 0.15) is 0 Å². The lowest BCUT2D eigenvalue weighted by Crippen LogP contribution is -2.34. The summed E-state index contributed by atoms with van der Waals surface area (Å²) in [6.45, 7) is 0.849. The number of carbonyl (C=O) groups is 1. The van der Waals surface area contributed by atoms with Crippen LogP contribution >= 0.6 is 0 Å². The van der Waals surface area contributed by atoms with Crippen LogP contribution in [0.15, 0.2) is 18.5 Å². The number of carbonyl (C=O) groups excluding carboxylic acids is 1. The van der Waals surface area contributed by atoms with E-state index in [2.05, 4.69) is 16.8 Å². The molecule has 0 unspecified atom stereocenters. The highest BCUT2D eigenvalue weighted by molar-refractivity contribution is 7.91. The van der Waals surface area contributed by atoms with Crippen LogP contribution in [0, 0.1) is 11.8 Å². The van der Waals surface area contributed by atoms with Crippen LogP contribution in [0.25, 0.3) is 0 Å². The van der Waals surface area contributed by atoms with E-state index in [9.17, 15) is 13.2 Å². The predicted molar refractivity (Wildman–Crippen MR) is 79.3 cm³/mol. The number of pyridine rings is 1. The zero-order valence-corrected chi connectivity index (χ0v) is 12.4. The average Bonchev–Trinajstić information content (AvgIpc) is 2.65. The van der Waals surface area contributed by atoms with Crippen molar-refractivity contribution in [3.05, 3.63) is 29.6 Å². The number of amides is 1. The van der Waals surface area contributed by atoms with E-state index < -0.39 is 9.84 Å². The SMILES string of the molecule is NCC#Cc1cnccc1C(=O)N1CCCS(=O)(=O)CC1. The van der Waals surface area contributed by atoms with Gasteiger partial charge >= 0.3 is 0 Å². The molecule has 0 aliphatic carbocycles. The monoisotopic (exact) mass is 307 g/mol. The first-order valence-electron chi connectivity index (χ1n) is 6.66. The molecule has 2 rings (SSSR count). The summed E-state index contributed by atoms with van der Waals surface area (Å²) in [6.07, 6.45) is 3.50. The highest BCUT2D eigenvalue weighted by atomic mass is 32.2. The normalized spacial score (nSPS) is 17.5. The van der Waals surface area contributed by atoms with Gasteiger partial charge in [-0.3, -0.25) is 9.78 Å². The van der Waals surface area contributed by atoms with E-state index in [1.807, 2.05) is 0 Å². The molecule has 7 heteroatoms. The summed E-state index contributed by atoms with van der Waals surface area (Å²) >= 11 is 0. The van der Waals surface area contributed by atoms with E-state index in [0.717, 1.165) is 0 Å². The van der Waals surface area contributed by atoms with Crippen LogP contribution in [0.3, 0.4) is 0 Å². The van der Waals surface area contributed by atoms with Crippen molar-refractivity contribution < 1.29 is 13.2 Å². The maximum Gasteiger partial charge on any atom is 0.255 e. The molecule has 2 N–H and O–H groups in total. The van der Waals surface area contributed by atoms with Gasteiger partial charge in [0.05, 0.1) is 29.2 Å². The number of aromatic nitrogens is 1. The molecule has 1 fully saturated rings. The minimum atomic E-state index is -3.04. The van der Waals surface area contributed by atoms with Gasteiger partial charge < -0.3 is 10.6 Å². The fraction of sp³-hybridized carbons (Fsp3) is 0.429. The first-order valence-corrected chi connectivity index (χ1v) is 8.48. The van der Waals surface area contributed by atoms with Crippen LogP contribution in [0.5, 0.6) is 0 Å². The van der Waals surface area contributed by atoms with Crippen LogP contribution in [-0.4, -0.2) is 55.3 Å². The smallest absolute Gasteiger partial charge is 0.255 e.